The van der Waals surface area contributed by atoms with E-state index in [-0.39, 0.29) is 18.6 Å². The van der Waals surface area contributed by atoms with Gasteiger partial charge in [-0.05, 0) is 58.4 Å². The van der Waals surface area contributed by atoms with Crippen molar-refractivity contribution < 1.29 is 24.2 Å². The van der Waals surface area contributed by atoms with Gasteiger partial charge < -0.3 is 19.9 Å². The fourth-order valence-corrected chi connectivity index (χ4v) is 2.10. The van der Waals surface area contributed by atoms with Gasteiger partial charge in [0.15, 0.2) is 6.10 Å². The first-order valence-corrected chi connectivity index (χ1v) is 8.47. The summed E-state index contributed by atoms with van der Waals surface area (Å²) in [5, 5.41) is 12.3. The number of nitrogens with one attached hydrogen (secondary N) is 1. The molecule has 1 amide bonds. The first-order chi connectivity index (χ1) is 11.5. The van der Waals surface area contributed by atoms with E-state index in [1.165, 1.54) is 0 Å². The fraction of sp³-hybridized carbons (Fsp3) is 0.556. The monoisotopic (exact) mass is 371 g/mol. The number of halogens is 1. The minimum absolute atomic E-state index is 0.172. The molecule has 0 aromatic heterocycles. The molecule has 0 aliphatic rings. The Bertz CT molecular complexity index is 612. The standard InChI is InChI=1S/C18H26ClNO5/c1-11-10-13(6-7-14(11)19)25-12(2)16(21)20-15(17(22)23)8-9-24-18(3,4)5/h6-7,10,12,15H,8-9H2,1-5H3,(H,20,21)(H,22,23). The third-order valence-corrected chi connectivity index (χ3v) is 3.79. The van der Waals surface area contributed by atoms with Crippen molar-refractivity contribution in [2.75, 3.05) is 6.61 Å². The Kier molecular flexibility index (Phi) is 7.70. The summed E-state index contributed by atoms with van der Waals surface area (Å²) in [5.41, 5.74) is 0.463. The number of carbonyl (C=O) groups is 2. The van der Waals surface area contributed by atoms with Crippen molar-refractivity contribution in [3.63, 3.8) is 0 Å². The van der Waals surface area contributed by atoms with E-state index in [0.717, 1.165) is 5.56 Å². The second-order valence-corrected chi connectivity index (χ2v) is 7.23. The number of rotatable bonds is 8. The Morgan fingerprint density at radius 3 is 2.48 bits per heavy atom. The topological polar surface area (TPSA) is 84.9 Å². The molecule has 1 aromatic rings. The number of aryl methyl sites for hydroxylation is 1. The first-order valence-electron chi connectivity index (χ1n) is 8.09. The molecular weight excluding hydrogens is 346 g/mol. The summed E-state index contributed by atoms with van der Waals surface area (Å²) >= 11 is 5.95. The number of carboxylic acid groups (broad SMARTS) is 1. The maximum absolute atomic E-state index is 12.2. The number of hydrogen-bond donors (Lipinski definition) is 2. The number of benzene rings is 1. The molecule has 1 rings (SSSR count). The van der Waals surface area contributed by atoms with E-state index in [1.807, 2.05) is 27.7 Å². The number of aliphatic carboxylic acids is 1. The Morgan fingerprint density at radius 2 is 1.96 bits per heavy atom. The van der Waals surface area contributed by atoms with Crippen LogP contribution < -0.4 is 10.1 Å². The molecule has 0 aliphatic heterocycles. The van der Waals surface area contributed by atoms with Crippen molar-refractivity contribution in [3.8, 4) is 5.75 Å². The lowest BCUT2D eigenvalue weighted by molar-refractivity contribution is -0.143. The molecule has 140 valence electrons. The molecule has 6 nitrogen and oxygen atoms in total. The van der Waals surface area contributed by atoms with Crippen molar-refractivity contribution in [2.24, 2.45) is 0 Å². The van der Waals surface area contributed by atoms with E-state index >= 15 is 0 Å². The van der Waals surface area contributed by atoms with Crippen molar-refractivity contribution in [1.82, 2.24) is 5.32 Å². The van der Waals surface area contributed by atoms with E-state index in [1.54, 1.807) is 25.1 Å². The zero-order valence-corrected chi connectivity index (χ0v) is 16.0. The minimum Gasteiger partial charge on any atom is -0.481 e. The smallest absolute Gasteiger partial charge is 0.326 e. The van der Waals surface area contributed by atoms with Gasteiger partial charge in [0.1, 0.15) is 11.8 Å². The molecule has 0 fully saturated rings. The average Bonchev–Trinajstić information content (AvgIpc) is 2.48. The summed E-state index contributed by atoms with van der Waals surface area (Å²) < 4.78 is 11.1. The van der Waals surface area contributed by atoms with E-state index < -0.39 is 24.0 Å². The third-order valence-electron chi connectivity index (χ3n) is 3.37. The van der Waals surface area contributed by atoms with Crippen molar-refractivity contribution in [1.29, 1.82) is 0 Å². The van der Waals surface area contributed by atoms with Crippen LogP contribution in [0.15, 0.2) is 18.2 Å². The lowest BCUT2D eigenvalue weighted by Crippen LogP contribution is -2.47. The van der Waals surface area contributed by atoms with Crippen LogP contribution in [0.5, 0.6) is 5.75 Å². The summed E-state index contributed by atoms with van der Waals surface area (Å²) in [7, 11) is 0. The molecule has 7 heteroatoms. The van der Waals surface area contributed by atoms with E-state index in [0.29, 0.717) is 10.8 Å². The van der Waals surface area contributed by atoms with Gasteiger partial charge in [-0.15, -0.1) is 0 Å². The largest absolute Gasteiger partial charge is 0.481 e. The maximum Gasteiger partial charge on any atom is 0.326 e. The average molecular weight is 372 g/mol. The molecule has 0 bridgehead atoms. The predicted molar refractivity (Wildman–Crippen MR) is 96.2 cm³/mol. The molecule has 0 heterocycles. The highest BCUT2D eigenvalue weighted by molar-refractivity contribution is 6.31. The number of amides is 1. The molecule has 0 saturated heterocycles. The van der Waals surface area contributed by atoms with Crippen LogP contribution in [0, 0.1) is 6.92 Å². The summed E-state index contributed by atoms with van der Waals surface area (Å²) in [4.78, 5) is 23.5. The minimum atomic E-state index is -1.11. The molecule has 2 unspecified atom stereocenters. The zero-order valence-electron chi connectivity index (χ0n) is 15.3. The van der Waals surface area contributed by atoms with Crippen LogP contribution in [-0.4, -0.2) is 41.3 Å². The summed E-state index contributed by atoms with van der Waals surface area (Å²) in [5.74, 6) is -1.12. The number of hydrogen-bond acceptors (Lipinski definition) is 4. The van der Waals surface area contributed by atoms with E-state index in [4.69, 9.17) is 21.1 Å². The Morgan fingerprint density at radius 1 is 1.32 bits per heavy atom. The van der Waals surface area contributed by atoms with Crippen molar-refractivity contribution in [2.45, 2.75) is 58.8 Å². The van der Waals surface area contributed by atoms with Gasteiger partial charge in [-0.25, -0.2) is 4.79 Å². The van der Waals surface area contributed by atoms with Gasteiger partial charge in [0.25, 0.3) is 5.91 Å². The van der Waals surface area contributed by atoms with Crippen LogP contribution in [0.2, 0.25) is 5.02 Å². The van der Waals surface area contributed by atoms with E-state index in [9.17, 15) is 14.7 Å². The van der Waals surface area contributed by atoms with Crippen molar-refractivity contribution in [3.05, 3.63) is 28.8 Å². The van der Waals surface area contributed by atoms with Crippen LogP contribution >= 0.6 is 11.6 Å². The quantitative estimate of drug-likeness (QED) is 0.733. The molecule has 0 spiro atoms. The highest BCUT2D eigenvalue weighted by atomic mass is 35.5. The normalized spacial score (nSPS) is 13.8. The van der Waals surface area contributed by atoms with Crippen LogP contribution in [0.4, 0.5) is 0 Å². The number of carboxylic acids is 1. The van der Waals surface area contributed by atoms with Crippen LogP contribution in [0.3, 0.4) is 0 Å². The fourth-order valence-electron chi connectivity index (χ4n) is 1.98. The maximum atomic E-state index is 12.2. The predicted octanol–water partition coefficient (Wildman–Crippen LogP) is 3.19. The van der Waals surface area contributed by atoms with Gasteiger partial charge in [-0.3, -0.25) is 4.79 Å². The zero-order chi connectivity index (χ0) is 19.2. The summed E-state index contributed by atoms with van der Waals surface area (Å²) in [6, 6.07) is 4.02. The SMILES string of the molecule is Cc1cc(OC(C)C(=O)NC(CCOC(C)(C)C)C(=O)O)ccc1Cl. The van der Waals surface area contributed by atoms with Gasteiger partial charge in [-0.2, -0.15) is 0 Å². The highest BCUT2D eigenvalue weighted by Gasteiger charge is 2.24. The van der Waals surface area contributed by atoms with Gasteiger partial charge >= 0.3 is 5.97 Å². The Balaban J connectivity index is 2.60. The number of carbonyl (C=O) groups excluding carboxylic acids is 1. The third kappa shape index (κ3) is 7.75. The summed E-state index contributed by atoms with van der Waals surface area (Å²) in [6.45, 7) is 9.26. The summed E-state index contributed by atoms with van der Waals surface area (Å²) in [6.07, 6.45) is -0.670. The molecular formula is C18H26ClNO5. The van der Waals surface area contributed by atoms with Gasteiger partial charge in [0.2, 0.25) is 0 Å². The Hall–Kier alpha value is -1.79. The highest BCUT2D eigenvalue weighted by Crippen LogP contribution is 2.22. The van der Waals surface area contributed by atoms with Crippen LogP contribution in [-0.2, 0) is 14.3 Å². The molecule has 0 radical (unpaired) electrons. The van der Waals surface area contributed by atoms with Crippen molar-refractivity contribution >= 4 is 23.5 Å². The number of ether oxygens (including phenoxy) is 2. The second kappa shape index (κ2) is 9.06. The molecule has 2 atom stereocenters. The van der Waals surface area contributed by atoms with E-state index in [2.05, 4.69) is 5.32 Å². The van der Waals surface area contributed by atoms with Gasteiger partial charge in [0.05, 0.1) is 5.60 Å². The van der Waals surface area contributed by atoms with Crippen LogP contribution in [0.25, 0.3) is 0 Å². The molecule has 0 saturated carbocycles. The first kappa shape index (κ1) is 21.3. The lowest BCUT2D eigenvalue weighted by atomic mass is 10.1. The molecule has 2 N–H and O–H groups in total. The van der Waals surface area contributed by atoms with Gasteiger partial charge in [-0.1, -0.05) is 11.6 Å². The van der Waals surface area contributed by atoms with Crippen LogP contribution in [0.1, 0.15) is 39.7 Å². The lowest BCUT2D eigenvalue weighted by Gasteiger charge is -2.22. The molecule has 1 aromatic carbocycles. The second-order valence-electron chi connectivity index (χ2n) is 6.82. The molecule has 0 aliphatic carbocycles. The van der Waals surface area contributed by atoms with Gasteiger partial charge in [0, 0.05) is 18.1 Å². The molecule has 25 heavy (non-hydrogen) atoms. The Labute approximate surface area is 153 Å².